The maximum Gasteiger partial charge on any atom is 0.144 e. The molecule has 4 heteroatoms. The highest BCUT2D eigenvalue weighted by atomic mass is 15.1. The van der Waals surface area contributed by atoms with Gasteiger partial charge in [-0.3, -0.25) is 0 Å². The van der Waals surface area contributed by atoms with Gasteiger partial charge >= 0.3 is 0 Å². The number of hydrogen-bond acceptors (Lipinski definition) is 4. The van der Waals surface area contributed by atoms with E-state index in [1.807, 2.05) is 19.1 Å². The second-order valence-electron chi connectivity index (χ2n) is 5.18. The van der Waals surface area contributed by atoms with E-state index in [1.54, 1.807) is 0 Å². The number of hydrogen-bond donors (Lipinski definition) is 1. The summed E-state index contributed by atoms with van der Waals surface area (Å²) in [6.07, 6.45) is 2.24. The number of nitriles is 1. The Bertz CT molecular complexity index is 446. The molecule has 4 nitrogen and oxygen atoms in total. The molecule has 1 unspecified atom stereocenters. The molecule has 110 valence electrons. The first kappa shape index (κ1) is 16.5. The van der Waals surface area contributed by atoms with Crippen LogP contribution in [0.25, 0.3) is 0 Å². The molecule has 20 heavy (non-hydrogen) atoms. The lowest BCUT2D eigenvalue weighted by Gasteiger charge is -2.20. The van der Waals surface area contributed by atoms with E-state index in [9.17, 15) is 0 Å². The molecule has 1 rings (SSSR count). The summed E-state index contributed by atoms with van der Waals surface area (Å²) >= 11 is 0. The third-order valence-corrected chi connectivity index (χ3v) is 3.54. The highest BCUT2D eigenvalue weighted by Crippen LogP contribution is 2.14. The SMILES string of the molecule is CCN(CC)CCCC(C)Nc1nc(C)ccc1C#N. The largest absolute Gasteiger partial charge is 0.367 e. The summed E-state index contributed by atoms with van der Waals surface area (Å²) in [4.78, 5) is 6.84. The van der Waals surface area contributed by atoms with Gasteiger partial charge in [-0.15, -0.1) is 0 Å². The first-order valence-corrected chi connectivity index (χ1v) is 7.47. The van der Waals surface area contributed by atoms with Crippen LogP contribution in [-0.2, 0) is 0 Å². The molecule has 0 bridgehead atoms. The fraction of sp³-hybridized carbons (Fsp3) is 0.625. The fourth-order valence-corrected chi connectivity index (χ4v) is 2.22. The minimum Gasteiger partial charge on any atom is -0.367 e. The van der Waals surface area contributed by atoms with Crippen LogP contribution in [0.4, 0.5) is 5.82 Å². The Morgan fingerprint density at radius 3 is 2.65 bits per heavy atom. The summed E-state index contributed by atoms with van der Waals surface area (Å²) in [6.45, 7) is 11.8. The molecule has 1 atom stereocenters. The van der Waals surface area contributed by atoms with Crippen molar-refractivity contribution in [2.24, 2.45) is 0 Å². The zero-order valence-electron chi connectivity index (χ0n) is 13.1. The highest BCUT2D eigenvalue weighted by molar-refractivity contribution is 5.52. The molecule has 0 radical (unpaired) electrons. The summed E-state index contributed by atoms with van der Waals surface area (Å²) in [5.74, 6) is 0.711. The van der Waals surface area contributed by atoms with Gasteiger partial charge in [0.2, 0.25) is 0 Å². The van der Waals surface area contributed by atoms with Gasteiger partial charge < -0.3 is 10.2 Å². The monoisotopic (exact) mass is 274 g/mol. The first-order chi connectivity index (χ1) is 9.60. The van der Waals surface area contributed by atoms with Crippen LogP contribution >= 0.6 is 0 Å². The standard InChI is InChI=1S/C16H26N4/c1-5-20(6-2)11-7-8-13(3)18-16-15(12-17)10-9-14(4)19-16/h9-10,13H,5-8,11H2,1-4H3,(H,18,19). The maximum absolute atomic E-state index is 9.10. The minimum atomic E-state index is 0.326. The van der Waals surface area contributed by atoms with Crippen LogP contribution in [0.5, 0.6) is 0 Å². The Balaban J connectivity index is 2.48. The quantitative estimate of drug-likeness (QED) is 0.791. The van der Waals surface area contributed by atoms with Crippen LogP contribution in [-0.4, -0.2) is 35.6 Å². The first-order valence-electron chi connectivity index (χ1n) is 7.47. The molecule has 1 heterocycles. The summed E-state index contributed by atoms with van der Waals surface area (Å²) in [5, 5.41) is 12.5. The molecule has 1 N–H and O–H groups in total. The van der Waals surface area contributed by atoms with Crippen LogP contribution in [0.15, 0.2) is 12.1 Å². The number of anilines is 1. The van der Waals surface area contributed by atoms with Crippen LogP contribution in [0, 0.1) is 18.3 Å². The van der Waals surface area contributed by atoms with Gasteiger partial charge in [0.15, 0.2) is 0 Å². The molecule has 0 spiro atoms. The van der Waals surface area contributed by atoms with Crippen molar-refractivity contribution >= 4 is 5.82 Å². The van der Waals surface area contributed by atoms with E-state index in [0.29, 0.717) is 17.4 Å². The van der Waals surface area contributed by atoms with Crippen LogP contribution in [0.1, 0.15) is 44.9 Å². The molecule has 0 aliphatic heterocycles. The van der Waals surface area contributed by atoms with Crippen LogP contribution in [0.3, 0.4) is 0 Å². The van der Waals surface area contributed by atoms with Crippen LogP contribution < -0.4 is 5.32 Å². The van der Waals surface area contributed by atoms with Gasteiger partial charge in [-0.05, 0) is 58.5 Å². The molecule has 1 aromatic rings. The lowest BCUT2D eigenvalue weighted by Crippen LogP contribution is -2.26. The predicted molar refractivity (Wildman–Crippen MR) is 83.8 cm³/mol. The van der Waals surface area contributed by atoms with E-state index >= 15 is 0 Å². The Morgan fingerprint density at radius 2 is 2.05 bits per heavy atom. The van der Waals surface area contributed by atoms with E-state index in [-0.39, 0.29) is 0 Å². The molecule has 0 fully saturated rings. The third kappa shape index (κ3) is 5.18. The second-order valence-corrected chi connectivity index (χ2v) is 5.18. The predicted octanol–water partition coefficient (Wildman–Crippen LogP) is 3.18. The van der Waals surface area contributed by atoms with Crippen molar-refractivity contribution in [2.75, 3.05) is 25.0 Å². The van der Waals surface area contributed by atoms with Gasteiger partial charge in [-0.1, -0.05) is 13.8 Å². The Morgan fingerprint density at radius 1 is 1.35 bits per heavy atom. The van der Waals surface area contributed by atoms with Crippen molar-refractivity contribution in [3.05, 3.63) is 23.4 Å². The molecular formula is C16H26N4. The Hall–Kier alpha value is -1.60. The molecule has 0 aliphatic carbocycles. The molecule has 0 aromatic carbocycles. The summed E-state index contributed by atoms with van der Waals surface area (Å²) in [7, 11) is 0. The molecule has 0 amide bonds. The fourth-order valence-electron chi connectivity index (χ4n) is 2.22. The van der Waals surface area contributed by atoms with E-state index in [1.165, 1.54) is 0 Å². The van der Waals surface area contributed by atoms with Gasteiger partial charge in [0.25, 0.3) is 0 Å². The average Bonchev–Trinajstić information content (AvgIpc) is 2.44. The third-order valence-electron chi connectivity index (χ3n) is 3.54. The number of aromatic nitrogens is 1. The van der Waals surface area contributed by atoms with Crippen molar-refractivity contribution < 1.29 is 0 Å². The second kappa shape index (κ2) is 8.55. The smallest absolute Gasteiger partial charge is 0.144 e. The van der Waals surface area contributed by atoms with Crippen molar-refractivity contribution in [3.63, 3.8) is 0 Å². The number of aryl methyl sites for hydroxylation is 1. The van der Waals surface area contributed by atoms with Gasteiger partial charge in [0, 0.05) is 11.7 Å². The van der Waals surface area contributed by atoms with Gasteiger partial charge in [0.05, 0.1) is 5.56 Å². The minimum absolute atomic E-state index is 0.326. The molecule has 0 saturated heterocycles. The van der Waals surface area contributed by atoms with Crippen LogP contribution in [0.2, 0.25) is 0 Å². The number of nitrogens with zero attached hydrogens (tertiary/aromatic N) is 3. The number of nitrogens with one attached hydrogen (secondary N) is 1. The van der Waals surface area contributed by atoms with E-state index in [4.69, 9.17) is 5.26 Å². The highest BCUT2D eigenvalue weighted by Gasteiger charge is 2.08. The zero-order valence-corrected chi connectivity index (χ0v) is 13.1. The molecule has 0 aliphatic rings. The summed E-state index contributed by atoms with van der Waals surface area (Å²) in [5.41, 5.74) is 1.55. The van der Waals surface area contributed by atoms with Crippen molar-refractivity contribution in [3.8, 4) is 6.07 Å². The van der Waals surface area contributed by atoms with E-state index in [0.717, 1.165) is 38.2 Å². The Kier molecular flexibility index (Phi) is 7.03. The van der Waals surface area contributed by atoms with Crippen molar-refractivity contribution in [1.82, 2.24) is 9.88 Å². The summed E-state index contributed by atoms with van der Waals surface area (Å²) < 4.78 is 0. The summed E-state index contributed by atoms with van der Waals surface area (Å²) in [6, 6.07) is 6.21. The van der Waals surface area contributed by atoms with E-state index < -0.39 is 0 Å². The maximum atomic E-state index is 9.10. The Labute approximate surface area is 122 Å². The van der Waals surface area contributed by atoms with Gasteiger partial charge in [-0.2, -0.15) is 5.26 Å². The topological polar surface area (TPSA) is 52.0 Å². The number of rotatable bonds is 8. The van der Waals surface area contributed by atoms with Crippen molar-refractivity contribution in [1.29, 1.82) is 5.26 Å². The molecule has 1 aromatic heterocycles. The zero-order chi connectivity index (χ0) is 15.0. The average molecular weight is 274 g/mol. The molecular weight excluding hydrogens is 248 g/mol. The van der Waals surface area contributed by atoms with Crippen molar-refractivity contribution in [2.45, 2.75) is 46.6 Å². The lowest BCUT2D eigenvalue weighted by molar-refractivity contribution is 0.295. The van der Waals surface area contributed by atoms with Gasteiger partial charge in [0.1, 0.15) is 11.9 Å². The molecule has 0 saturated carbocycles. The van der Waals surface area contributed by atoms with Gasteiger partial charge in [-0.25, -0.2) is 4.98 Å². The number of pyridine rings is 1. The lowest BCUT2D eigenvalue weighted by atomic mass is 10.1. The normalized spacial score (nSPS) is 12.2. The van der Waals surface area contributed by atoms with E-state index in [2.05, 4.69) is 42.0 Å².